The second-order valence-corrected chi connectivity index (χ2v) is 3.50. The van der Waals surface area contributed by atoms with Crippen molar-refractivity contribution in [3.05, 3.63) is 29.8 Å². The predicted molar refractivity (Wildman–Crippen MR) is 57.0 cm³/mol. The fourth-order valence-electron chi connectivity index (χ4n) is 1.35. The molecule has 0 atom stereocenters. The largest absolute Gasteiger partial charge is 0.480 e. The number of carboxylic acids is 1. The van der Waals surface area contributed by atoms with Crippen LogP contribution in [0.1, 0.15) is 5.56 Å². The van der Waals surface area contributed by atoms with Crippen molar-refractivity contribution in [1.29, 1.82) is 0 Å². The average molecular weight is 229 g/mol. The molecule has 0 spiro atoms. The van der Waals surface area contributed by atoms with Crippen LogP contribution in [0.4, 0.5) is 14.5 Å². The second-order valence-electron chi connectivity index (χ2n) is 3.50. The maximum atomic E-state index is 12.3. The Bertz CT molecular complexity index is 352. The van der Waals surface area contributed by atoms with E-state index in [9.17, 15) is 13.6 Å². The van der Waals surface area contributed by atoms with E-state index in [1.807, 2.05) is 6.92 Å². The fourth-order valence-corrected chi connectivity index (χ4v) is 1.35. The number of hydrogen-bond acceptors (Lipinski definition) is 2. The maximum absolute atomic E-state index is 12.3. The molecule has 0 heterocycles. The number of alkyl halides is 2. The van der Waals surface area contributed by atoms with E-state index in [0.29, 0.717) is 5.69 Å². The van der Waals surface area contributed by atoms with Crippen molar-refractivity contribution in [2.75, 3.05) is 18.0 Å². The molecule has 1 aromatic carbocycles. The summed E-state index contributed by atoms with van der Waals surface area (Å²) in [4.78, 5) is 11.7. The molecule has 88 valence electrons. The molecule has 0 aromatic heterocycles. The first-order chi connectivity index (χ1) is 7.49. The van der Waals surface area contributed by atoms with Gasteiger partial charge in [0.1, 0.15) is 6.54 Å². The summed E-state index contributed by atoms with van der Waals surface area (Å²) in [6, 6.07) is 6.80. The number of aliphatic carboxylic acids is 1. The molecule has 1 N–H and O–H groups in total. The summed E-state index contributed by atoms with van der Waals surface area (Å²) in [6.07, 6.45) is -2.55. The molecule has 0 aliphatic heterocycles. The number of rotatable bonds is 5. The predicted octanol–water partition coefficient (Wildman–Crippen LogP) is 2.15. The Labute approximate surface area is 92.3 Å². The summed E-state index contributed by atoms with van der Waals surface area (Å²) in [6.45, 7) is 0.876. The van der Waals surface area contributed by atoms with Crippen LogP contribution in [0.5, 0.6) is 0 Å². The van der Waals surface area contributed by atoms with E-state index >= 15 is 0 Å². The van der Waals surface area contributed by atoms with Gasteiger partial charge in [-0.2, -0.15) is 0 Å². The topological polar surface area (TPSA) is 40.5 Å². The van der Waals surface area contributed by atoms with Gasteiger partial charge in [-0.25, -0.2) is 8.78 Å². The van der Waals surface area contributed by atoms with Gasteiger partial charge in [-0.3, -0.25) is 4.79 Å². The first-order valence-corrected chi connectivity index (χ1v) is 4.80. The van der Waals surface area contributed by atoms with Crippen molar-refractivity contribution < 1.29 is 18.7 Å². The number of nitrogens with zero attached hydrogens (tertiary/aromatic N) is 1. The minimum atomic E-state index is -2.55. The van der Waals surface area contributed by atoms with Crippen molar-refractivity contribution in [2.45, 2.75) is 13.3 Å². The molecule has 1 rings (SSSR count). The van der Waals surface area contributed by atoms with Crippen molar-refractivity contribution in [2.24, 2.45) is 0 Å². The second kappa shape index (κ2) is 5.44. The molecule has 0 radical (unpaired) electrons. The molecule has 5 heteroatoms. The highest BCUT2D eigenvalue weighted by molar-refractivity contribution is 5.73. The normalized spacial score (nSPS) is 10.5. The smallest absolute Gasteiger partial charge is 0.323 e. The molecule has 0 unspecified atom stereocenters. The zero-order chi connectivity index (χ0) is 12.1. The molecule has 16 heavy (non-hydrogen) atoms. The van der Waals surface area contributed by atoms with E-state index in [4.69, 9.17) is 5.11 Å². The van der Waals surface area contributed by atoms with Gasteiger partial charge >= 0.3 is 5.97 Å². The van der Waals surface area contributed by atoms with Gasteiger partial charge in [0.25, 0.3) is 6.43 Å². The monoisotopic (exact) mass is 229 g/mol. The number of hydrogen-bond donors (Lipinski definition) is 1. The van der Waals surface area contributed by atoms with Gasteiger partial charge in [-0.05, 0) is 19.1 Å². The molecule has 0 aliphatic carbocycles. The minimum Gasteiger partial charge on any atom is -0.480 e. The van der Waals surface area contributed by atoms with Gasteiger partial charge in [-0.1, -0.05) is 17.7 Å². The molecule has 0 saturated heterocycles. The van der Waals surface area contributed by atoms with Crippen LogP contribution >= 0.6 is 0 Å². The zero-order valence-electron chi connectivity index (χ0n) is 8.86. The third kappa shape index (κ3) is 3.84. The SMILES string of the molecule is Cc1ccc(N(CC(=O)O)CC(F)F)cc1. The van der Waals surface area contributed by atoms with E-state index < -0.39 is 25.5 Å². The standard InChI is InChI=1S/C11H13F2NO2/c1-8-2-4-9(5-3-8)14(6-10(12)13)7-11(15)16/h2-5,10H,6-7H2,1H3,(H,15,16). The lowest BCUT2D eigenvalue weighted by molar-refractivity contribution is -0.135. The van der Waals surface area contributed by atoms with Crippen LogP contribution in [0.3, 0.4) is 0 Å². The Balaban J connectivity index is 2.82. The van der Waals surface area contributed by atoms with E-state index in [1.165, 1.54) is 0 Å². The fraction of sp³-hybridized carbons (Fsp3) is 0.364. The van der Waals surface area contributed by atoms with Gasteiger partial charge in [0.15, 0.2) is 0 Å². The van der Waals surface area contributed by atoms with Gasteiger partial charge in [-0.15, -0.1) is 0 Å². The Morgan fingerprint density at radius 1 is 1.38 bits per heavy atom. The van der Waals surface area contributed by atoms with Crippen molar-refractivity contribution >= 4 is 11.7 Å². The summed E-state index contributed by atoms with van der Waals surface area (Å²) in [5.41, 5.74) is 1.49. The summed E-state index contributed by atoms with van der Waals surface area (Å²) in [5.74, 6) is -1.12. The average Bonchev–Trinajstić information content (AvgIpc) is 2.16. The Hall–Kier alpha value is -1.65. The quantitative estimate of drug-likeness (QED) is 0.841. The van der Waals surface area contributed by atoms with E-state index in [-0.39, 0.29) is 0 Å². The summed E-state index contributed by atoms with van der Waals surface area (Å²) in [5, 5.41) is 8.63. The zero-order valence-corrected chi connectivity index (χ0v) is 8.86. The number of carboxylic acid groups (broad SMARTS) is 1. The number of benzene rings is 1. The molecule has 1 aromatic rings. The van der Waals surface area contributed by atoms with Gasteiger partial charge in [0.05, 0.1) is 6.54 Å². The summed E-state index contributed by atoms with van der Waals surface area (Å²) in [7, 11) is 0. The van der Waals surface area contributed by atoms with Crippen LogP contribution < -0.4 is 4.90 Å². The van der Waals surface area contributed by atoms with Crippen LogP contribution in [0.2, 0.25) is 0 Å². The highest BCUT2D eigenvalue weighted by atomic mass is 19.3. The first-order valence-electron chi connectivity index (χ1n) is 4.80. The van der Waals surface area contributed by atoms with E-state index in [1.54, 1.807) is 24.3 Å². The Morgan fingerprint density at radius 2 is 1.94 bits per heavy atom. The molecule has 0 aliphatic rings. The number of halogens is 2. The summed E-state index contributed by atoms with van der Waals surface area (Å²) < 4.78 is 24.5. The number of carbonyl (C=O) groups is 1. The molecular formula is C11H13F2NO2. The van der Waals surface area contributed by atoms with E-state index in [2.05, 4.69) is 0 Å². The minimum absolute atomic E-state index is 0.423. The number of anilines is 1. The Kier molecular flexibility index (Phi) is 4.22. The molecule has 0 amide bonds. The number of aryl methyl sites for hydroxylation is 1. The third-order valence-electron chi connectivity index (χ3n) is 2.08. The maximum Gasteiger partial charge on any atom is 0.323 e. The summed E-state index contributed by atoms with van der Waals surface area (Å²) >= 11 is 0. The Morgan fingerprint density at radius 3 is 2.38 bits per heavy atom. The molecule has 0 fully saturated rings. The highest BCUT2D eigenvalue weighted by Gasteiger charge is 2.15. The highest BCUT2D eigenvalue weighted by Crippen LogP contribution is 2.16. The van der Waals surface area contributed by atoms with Crippen molar-refractivity contribution in [1.82, 2.24) is 0 Å². The lowest BCUT2D eigenvalue weighted by Gasteiger charge is -2.22. The van der Waals surface area contributed by atoms with Crippen molar-refractivity contribution in [3.63, 3.8) is 0 Å². The van der Waals surface area contributed by atoms with Crippen molar-refractivity contribution in [3.8, 4) is 0 Å². The van der Waals surface area contributed by atoms with Gasteiger partial charge in [0, 0.05) is 5.69 Å². The third-order valence-corrected chi connectivity index (χ3v) is 2.08. The lowest BCUT2D eigenvalue weighted by Crippen LogP contribution is -2.33. The lowest BCUT2D eigenvalue weighted by atomic mass is 10.2. The van der Waals surface area contributed by atoms with E-state index in [0.717, 1.165) is 10.5 Å². The van der Waals surface area contributed by atoms with Gasteiger partial charge < -0.3 is 10.0 Å². The van der Waals surface area contributed by atoms with Crippen LogP contribution in [-0.2, 0) is 4.79 Å². The van der Waals surface area contributed by atoms with Gasteiger partial charge in [0.2, 0.25) is 0 Å². The van der Waals surface area contributed by atoms with Crippen LogP contribution in [0.15, 0.2) is 24.3 Å². The van der Waals surface area contributed by atoms with Crippen LogP contribution in [0.25, 0.3) is 0 Å². The van der Waals surface area contributed by atoms with Crippen LogP contribution in [-0.4, -0.2) is 30.6 Å². The molecule has 3 nitrogen and oxygen atoms in total. The van der Waals surface area contributed by atoms with Crippen LogP contribution in [0, 0.1) is 6.92 Å². The molecular weight excluding hydrogens is 216 g/mol. The molecule has 0 bridgehead atoms. The molecule has 0 saturated carbocycles. The first kappa shape index (κ1) is 12.4.